The van der Waals surface area contributed by atoms with Crippen molar-refractivity contribution in [1.82, 2.24) is 9.80 Å². The van der Waals surface area contributed by atoms with Crippen LogP contribution in [0.5, 0.6) is 0 Å². The molecule has 1 heterocycles. The third-order valence-electron chi connectivity index (χ3n) is 3.74. The number of halogens is 1. The molecule has 106 valence electrons. The van der Waals surface area contributed by atoms with Crippen molar-refractivity contribution in [3.8, 4) is 0 Å². The van der Waals surface area contributed by atoms with Crippen LogP contribution in [0.15, 0.2) is 24.3 Å². The summed E-state index contributed by atoms with van der Waals surface area (Å²) in [7, 11) is 0. The lowest BCUT2D eigenvalue weighted by Gasteiger charge is -2.36. The highest BCUT2D eigenvalue weighted by molar-refractivity contribution is 5.42. The lowest BCUT2D eigenvalue weighted by Crippen LogP contribution is -2.49. The summed E-state index contributed by atoms with van der Waals surface area (Å²) in [6.45, 7) is 11.1. The molecule has 1 aromatic carbocycles. The molecule has 2 rings (SSSR count). The number of anilines is 1. The molecule has 0 amide bonds. The smallest absolute Gasteiger partial charge is 0.123 e. The van der Waals surface area contributed by atoms with E-state index in [4.69, 9.17) is 0 Å². The Bertz CT molecular complexity index is 369. The van der Waals surface area contributed by atoms with Gasteiger partial charge in [-0.15, -0.1) is 0 Å². The van der Waals surface area contributed by atoms with E-state index in [-0.39, 0.29) is 5.82 Å². The summed E-state index contributed by atoms with van der Waals surface area (Å²) in [6, 6.07) is 7.20. The molecule has 1 aromatic rings. The fraction of sp³-hybridized carbons (Fsp3) is 0.600. The van der Waals surface area contributed by atoms with Gasteiger partial charge in [-0.3, -0.25) is 9.80 Å². The van der Waals surface area contributed by atoms with E-state index in [1.807, 2.05) is 0 Å². The van der Waals surface area contributed by atoms with Crippen molar-refractivity contribution >= 4 is 5.69 Å². The van der Waals surface area contributed by atoms with Crippen LogP contribution in [0.25, 0.3) is 0 Å². The average molecular weight is 265 g/mol. The third kappa shape index (κ3) is 4.48. The molecule has 1 aliphatic rings. The number of piperazine rings is 1. The van der Waals surface area contributed by atoms with E-state index in [0.29, 0.717) is 6.04 Å². The summed E-state index contributed by atoms with van der Waals surface area (Å²) in [6.07, 6.45) is 0. The standard InChI is InChI=1S/C15H24FN3/c1-13(2)19-11-9-18(10-12-19)8-7-17-15-5-3-14(16)4-6-15/h3-6,13,17H,7-12H2,1-2H3. The van der Waals surface area contributed by atoms with Crippen LogP contribution < -0.4 is 5.32 Å². The van der Waals surface area contributed by atoms with Crippen LogP contribution in [-0.2, 0) is 0 Å². The Hall–Kier alpha value is -1.13. The van der Waals surface area contributed by atoms with E-state index in [9.17, 15) is 4.39 Å². The predicted molar refractivity (Wildman–Crippen MR) is 78.0 cm³/mol. The lowest BCUT2D eigenvalue weighted by atomic mass is 10.2. The van der Waals surface area contributed by atoms with Crippen LogP contribution in [-0.4, -0.2) is 55.1 Å². The number of hydrogen-bond acceptors (Lipinski definition) is 3. The molecule has 0 aliphatic carbocycles. The highest BCUT2D eigenvalue weighted by atomic mass is 19.1. The first kappa shape index (κ1) is 14.3. The van der Waals surface area contributed by atoms with Crippen LogP contribution in [0.3, 0.4) is 0 Å². The second-order valence-corrected chi connectivity index (χ2v) is 5.41. The maximum absolute atomic E-state index is 12.8. The molecule has 0 unspecified atom stereocenters. The monoisotopic (exact) mass is 265 g/mol. The van der Waals surface area contributed by atoms with Crippen molar-refractivity contribution in [2.24, 2.45) is 0 Å². The van der Waals surface area contributed by atoms with E-state index in [1.54, 1.807) is 12.1 Å². The summed E-state index contributed by atoms with van der Waals surface area (Å²) >= 11 is 0. The van der Waals surface area contributed by atoms with E-state index in [2.05, 4.69) is 29.0 Å². The van der Waals surface area contributed by atoms with Gasteiger partial charge in [0.05, 0.1) is 0 Å². The second kappa shape index (κ2) is 6.87. The van der Waals surface area contributed by atoms with Crippen LogP contribution in [0.2, 0.25) is 0 Å². The number of nitrogens with zero attached hydrogens (tertiary/aromatic N) is 2. The minimum absolute atomic E-state index is 0.185. The van der Waals surface area contributed by atoms with E-state index < -0.39 is 0 Å². The van der Waals surface area contributed by atoms with Gasteiger partial charge in [-0.05, 0) is 38.1 Å². The molecule has 4 heteroatoms. The van der Waals surface area contributed by atoms with Crippen molar-refractivity contribution in [3.63, 3.8) is 0 Å². The number of nitrogens with one attached hydrogen (secondary N) is 1. The Kier molecular flexibility index (Phi) is 5.16. The zero-order valence-corrected chi connectivity index (χ0v) is 11.9. The normalized spacial score (nSPS) is 17.9. The lowest BCUT2D eigenvalue weighted by molar-refractivity contribution is 0.111. The van der Waals surface area contributed by atoms with E-state index >= 15 is 0 Å². The fourth-order valence-electron chi connectivity index (χ4n) is 2.43. The first-order valence-corrected chi connectivity index (χ1v) is 7.11. The van der Waals surface area contributed by atoms with Gasteiger partial charge in [0.25, 0.3) is 0 Å². The molecular weight excluding hydrogens is 241 g/mol. The Balaban J connectivity index is 1.65. The SMILES string of the molecule is CC(C)N1CCN(CCNc2ccc(F)cc2)CC1. The van der Waals surface area contributed by atoms with E-state index in [1.165, 1.54) is 12.1 Å². The summed E-state index contributed by atoms with van der Waals surface area (Å²) in [5.41, 5.74) is 0.988. The summed E-state index contributed by atoms with van der Waals surface area (Å²) < 4.78 is 12.8. The minimum Gasteiger partial charge on any atom is -0.384 e. The molecule has 0 aromatic heterocycles. The Morgan fingerprint density at radius 1 is 1.11 bits per heavy atom. The largest absolute Gasteiger partial charge is 0.384 e. The van der Waals surface area contributed by atoms with Crippen molar-refractivity contribution in [2.75, 3.05) is 44.6 Å². The van der Waals surface area contributed by atoms with Crippen molar-refractivity contribution < 1.29 is 4.39 Å². The van der Waals surface area contributed by atoms with Gasteiger partial charge in [0.1, 0.15) is 5.82 Å². The molecule has 0 bridgehead atoms. The van der Waals surface area contributed by atoms with Crippen molar-refractivity contribution in [3.05, 3.63) is 30.1 Å². The van der Waals surface area contributed by atoms with Crippen LogP contribution in [0.1, 0.15) is 13.8 Å². The molecule has 19 heavy (non-hydrogen) atoms. The maximum Gasteiger partial charge on any atom is 0.123 e. The first-order chi connectivity index (χ1) is 9.15. The van der Waals surface area contributed by atoms with Gasteiger partial charge in [-0.25, -0.2) is 4.39 Å². The van der Waals surface area contributed by atoms with Gasteiger partial charge in [0.15, 0.2) is 0 Å². The highest BCUT2D eigenvalue weighted by Crippen LogP contribution is 2.08. The quantitative estimate of drug-likeness (QED) is 0.881. The molecule has 1 aliphatic heterocycles. The fourth-order valence-corrected chi connectivity index (χ4v) is 2.43. The topological polar surface area (TPSA) is 18.5 Å². The Labute approximate surface area is 115 Å². The van der Waals surface area contributed by atoms with Crippen LogP contribution >= 0.6 is 0 Å². The first-order valence-electron chi connectivity index (χ1n) is 7.11. The molecule has 0 spiro atoms. The summed E-state index contributed by atoms with van der Waals surface area (Å²) in [5.74, 6) is -0.185. The van der Waals surface area contributed by atoms with Crippen molar-refractivity contribution in [2.45, 2.75) is 19.9 Å². The zero-order valence-electron chi connectivity index (χ0n) is 11.9. The highest BCUT2D eigenvalue weighted by Gasteiger charge is 2.17. The average Bonchev–Trinajstić information content (AvgIpc) is 2.41. The van der Waals surface area contributed by atoms with Crippen LogP contribution in [0.4, 0.5) is 10.1 Å². The van der Waals surface area contributed by atoms with Gasteiger partial charge in [0.2, 0.25) is 0 Å². The Morgan fingerprint density at radius 2 is 1.74 bits per heavy atom. The Morgan fingerprint density at radius 3 is 2.32 bits per heavy atom. The molecule has 0 atom stereocenters. The molecule has 1 saturated heterocycles. The van der Waals surface area contributed by atoms with Gasteiger partial charge in [-0.1, -0.05) is 0 Å². The maximum atomic E-state index is 12.8. The molecular formula is C15H24FN3. The number of benzene rings is 1. The van der Waals surface area contributed by atoms with Gasteiger partial charge >= 0.3 is 0 Å². The molecule has 1 N–H and O–H groups in total. The molecule has 0 saturated carbocycles. The molecule has 0 radical (unpaired) electrons. The zero-order chi connectivity index (χ0) is 13.7. The summed E-state index contributed by atoms with van der Waals surface area (Å²) in [4.78, 5) is 5.00. The number of rotatable bonds is 5. The van der Waals surface area contributed by atoms with Gasteiger partial charge in [-0.2, -0.15) is 0 Å². The predicted octanol–water partition coefficient (Wildman–Crippen LogP) is 2.26. The molecule has 1 fully saturated rings. The minimum atomic E-state index is -0.185. The van der Waals surface area contributed by atoms with Gasteiger partial charge < -0.3 is 5.32 Å². The second-order valence-electron chi connectivity index (χ2n) is 5.41. The van der Waals surface area contributed by atoms with Gasteiger partial charge in [0, 0.05) is 51.0 Å². The molecule has 3 nitrogen and oxygen atoms in total. The van der Waals surface area contributed by atoms with Crippen LogP contribution in [0, 0.1) is 5.82 Å². The summed E-state index contributed by atoms with van der Waals surface area (Å²) in [5, 5.41) is 3.33. The third-order valence-corrected chi connectivity index (χ3v) is 3.74. The van der Waals surface area contributed by atoms with E-state index in [0.717, 1.165) is 45.0 Å². The van der Waals surface area contributed by atoms with Crippen molar-refractivity contribution in [1.29, 1.82) is 0 Å². The number of hydrogen-bond donors (Lipinski definition) is 1.